The monoisotopic (exact) mass is 139 g/mol. The van der Waals surface area contributed by atoms with Gasteiger partial charge in [-0.25, -0.2) is 13.1 Å². The Bertz CT molecular complexity index is 139. The molecule has 4 nitrogen and oxygen atoms in total. The van der Waals surface area contributed by atoms with E-state index in [1.165, 1.54) is 0 Å². The average Bonchev–Trinajstić information content (AvgIpc) is 1.59. The van der Waals surface area contributed by atoms with Gasteiger partial charge in [0.2, 0.25) is 10.0 Å². The molecule has 0 aliphatic heterocycles. The van der Waals surface area contributed by atoms with Crippen LogP contribution in [0.4, 0.5) is 0 Å². The molecule has 0 aromatic rings. The smallest absolute Gasteiger partial charge is 0.208 e. The minimum atomic E-state index is -3.10. The summed E-state index contributed by atoms with van der Waals surface area (Å²) in [4.78, 5) is 0. The zero-order valence-corrected chi connectivity index (χ0v) is 5.40. The summed E-state index contributed by atoms with van der Waals surface area (Å²) in [5.41, 5.74) is 0. The fraction of sp³-hybridized carbons (Fsp3) is 1.00. The first-order valence-electron chi connectivity index (χ1n) is 2.12. The van der Waals surface area contributed by atoms with E-state index >= 15 is 0 Å². The molecule has 8 heavy (non-hydrogen) atoms. The second-order valence-corrected chi connectivity index (χ2v) is 3.22. The molecule has 0 unspecified atom stereocenters. The lowest BCUT2D eigenvalue weighted by atomic mass is 10.8. The van der Waals surface area contributed by atoms with E-state index in [2.05, 4.69) is 4.72 Å². The maximum absolute atomic E-state index is 10.2. The third-order valence-corrected chi connectivity index (χ3v) is 1.20. The third kappa shape index (κ3) is 5.87. The van der Waals surface area contributed by atoms with Gasteiger partial charge in [-0.05, 0) is 0 Å². The minimum Gasteiger partial charge on any atom is -0.395 e. The van der Waals surface area contributed by atoms with E-state index in [0.717, 1.165) is 6.26 Å². The van der Waals surface area contributed by atoms with Crippen LogP contribution in [0, 0.1) is 0 Å². The van der Waals surface area contributed by atoms with Crippen molar-refractivity contribution < 1.29 is 13.5 Å². The Morgan fingerprint density at radius 1 is 1.62 bits per heavy atom. The van der Waals surface area contributed by atoms with Crippen LogP contribution in [0.3, 0.4) is 0 Å². The molecule has 0 bridgehead atoms. The van der Waals surface area contributed by atoms with Gasteiger partial charge in [-0.3, -0.25) is 0 Å². The van der Waals surface area contributed by atoms with Gasteiger partial charge in [0, 0.05) is 6.54 Å². The standard InChI is InChI=1S/C3H9NO3S/c1-8(6,7)4-2-3-5/h4-5H,2-3H2,1H3. The molecular formula is C3H9NO3S. The number of hydrogen-bond acceptors (Lipinski definition) is 3. The molecule has 0 spiro atoms. The van der Waals surface area contributed by atoms with E-state index in [4.69, 9.17) is 5.11 Å². The van der Waals surface area contributed by atoms with E-state index in [1.807, 2.05) is 0 Å². The van der Waals surface area contributed by atoms with Crippen molar-refractivity contribution in [1.29, 1.82) is 0 Å². The molecule has 0 aliphatic carbocycles. The third-order valence-electron chi connectivity index (χ3n) is 0.476. The largest absolute Gasteiger partial charge is 0.395 e. The fourth-order valence-electron chi connectivity index (χ4n) is 0.231. The summed E-state index contributed by atoms with van der Waals surface area (Å²) in [6.45, 7) is -0.0636. The van der Waals surface area contributed by atoms with Crippen molar-refractivity contribution in [3.8, 4) is 0 Å². The molecule has 0 fully saturated rings. The highest BCUT2D eigenvalue weighted by Crippen LogP contribution is 1.68. The second kappa shape index (κ2) is 3.01. The Morgan fingerprint density at radius 2 is 2.12 bits per heavy atom. The highest BCUT2D eigenvalue weighted by molar-refractivity contribution is 7.88. The van der Waals surface area contributed by atoms with Crippen molar-refractivity contribution in [1.82, 2.24) is 4.72 Å². The lowest BCUT2D eigenvalue weighted by Crippen LogP contribution is -2.24. The van der Waals surface area contributed by atoms with E-state index in [9.17, 15) is 8.42 Å². The van der Waals surface area contributed by atoms with Gasteiger partial charge in [-0.1, -0.05) is 0 Å². The van der Waals surface area contributed by atoms with Crippen LogP contribution in [-0.2, 0) is 10.0 Å². The molecule has 0 amide bonds. The van der Waals surface area contributed by atoms with Crippen LogP contribution in [0.1, 0.15) is 0 Å². The molecule has 0 heterocycles. The van der Waals surface area contributed by atoms with Crippen LogP contribution in [0.25, 0.3) is 0 Å². The van der Waals surface area contributed by atoms with Crippen LogP contribution in [0.15, 0.2) is 0 Å². The molecule has 0 saturated heterocycles. The first-order valence-corrected chi connectivity index (χ1v) is 4.01. The number of aliphatic hydroxyl groups excluding tert-OH is 1. The fourth-order valence-corrected chi connectivity index (χ4v) is 0.693. The molecule has 0 rings (SSSR count). The highest BCUT2D eigenvalue weighted by Gasteiger charge is 1.95. The lowest BCUT2D eigenvalue weighted by molar-refractivity contribution is 0.301. The van der Waals surface area contributed by atoms with Crippen LogP contribution in [0.5, 0.6) is 0 Å². The van der Waals surface area contributed by atoms with Crippen molar-refractivity contribution in [2.75, 3.05) is 19.4 Å². The quantitative estimate of drug-likeness (QED) is 0.501. The van der Waals surface area contributed by atoms with Crippen molar-refractivity contribution in [2.45, 2.75) is 0 Å². The normalized spacial score (nSPS) is 11.8. The van der Waals surface area contributed by atoms with Gasteiger partial charge in [-0.15, -0.1) is 0 Å². The summed E-state index contributed by atoms with van der Waals surface area (Å²) in [6, 6.07) is 0. The van der Waals surface area contributed by atoms with Gasteiger partial charge in [0.15, 0.2) is 0 Å². The topological polar surface area (TPSA) is 66.4 Å². The van der Waals surface area contributed by atoms with Crippen molar-refractivity contribution >= 4 is 10.0 Å². The van der Waals surface area contributed by atoms with E-state index in [-0.39, 0.29) is 13.2 Å². The van der Waals surface area contributed by atoms with E-state index in [1.54, 1.807) is 0 Å². The number of nitrogens with one attached hydrogen (secondary N) is 1. The van der Waals surface area contributed by atoms with Gasteiger partial charge >= 0.3 is 0 Å². The van der Waals surface area contributed by atoms with E-state index in [0.29, 0.717) is 0 Å². The predicted octanol–water partition coefficient (Wildman–Crippen LogP) is -1.47. The zero-order valence-electron chi connectivity index (χ0n) is 4.59. The molecule has 50 valence electrons. The van der Waals surface area contributed by atoms with Crippen molar-refractivity contribution in [2.24, 2.45) is 0 Å². The Balaban J connectivity index is 3.42. The molecule has 0 atom stereocenters. The van der Waals surface area contributed by atoms with Gasteiger partial charge < -0.3 is 5.11 Å². The maximum atomic E-state index is 10.2. The number of aliphatic hydroxyl groups is 1. The van der Waals surface area contributed by atoms with Gasteiger partial charge in [0.1, 0.15) is 0 Å². The van der Waals surface area contributed by atoms with E-state index < -0.39 is 10.0 Å². The SMILES string of the molecule is CS(=O)(=O)NCCO. The zero-order chi connectivity index (χ0) is 6.62. The number of rotatable bonds is 3. The van der Waals surface area contributed by atoms with Crippen molar-refractivity contribution in [3.63, 3.8) is 0 Å². The second-order valence-electron chi connectivity index (χ2n) is 1.39. The van der Waals surface area contributed by atoms with Crippen LogP contribution in [0.2, 0.25) is 0 Å². The Labute approximate surface area is 48.6 Å². The van der Waals surface area contributed by atoms with Crippen LogP contribution in [-0.4, -0.2) is 32.9 Å². The molecule has 0 aliphatic rings. The summed E-state index contributed by atoms with van der Waals surface area (Å²) in [5, 5.41) is 8.10. The molecule has 5 heteroatoms. The number of sulfonamides is 1. The summed E-state index contributed by atoms with van der Waals surface area (Å²) in [5.74, 6) is 0. The molecule has 0 aromatic carbocycles. The molecule has 0 aromatic heterocycles. The Hall–Kier alpha value is -0.130. The minimum absolute atomic E-state index is 0.0961. The molecular weight excluding hydrogens is 130 g/mol. The van der Waals surface area contributed by atoms with Crippen LogP contribution >= 0.6 is 0 Å². The summed E-state index contributed by atoms with van der Waals surface area (Å²) in [7, 11) is -3.10. The van der Waals surface area contributed by atoms with Gasteiger partial charge in [0.05, 0.1) is 12.9 Å². The first-order chi connectivity index (χ1) is 3.56. The maximum Gasteiger partial charge on any atom is 0.208 e. The Morgan fingerprint density at radius 3 is 2.25 bits per heavy atom. The highest BCUT2D eigenvalue weighted by atomic mass is 32.2. The van der Waals surface area contributed by atoms with Gasteiger partial charge in [-0.2, -0.15) is 0 Å². The Kier molecular flexibility index (Phi) is 2.96. The summed E-state index contributed by atoms with van der Waals surface area (Å²) >= 11 is 0. The lowest BCUT2D eigenvalue weighted by Gasteiger charge is -1.94. The number of hydrogen-bond donors (Lipinski definition) is 2. The molecule has 0 saturated carbocycles. The molecule has 2 N–H and O–H groups in total. The first kappa shape index (κ1) is 7.87. The predicted molar refractivity (Wildman–Crippen MR) is 29.9 cm³/mol. The summed E-state index contributed by atoms with van der Waals surface area (Å²) < 4.78 is 22.4. The molecule has 0 radical (unpaired) electrons. The van der Waals surface area contributed by atoms with Crippen LogP contribution < -0.4 is 4.72 Å². The van der Waals surface area contributed by atoms with Gasteiger partial charge in [0.25, 0.3) is 0 Å². The average molecular weight is 139 g/mol. The van der Waals surface area contributed by atoms with Crippen molar-refractivity contribution in [3.05, 3.63) is 0 Å². The summed E-state index contributed by atoms with van der Waals surface area (Å²) in [6.07, 6.45) is 1.04.